The summed E-state index contributed by atoms with van der Waals surface area (Å²) in [4.78, 5) is 72.9. The summed E-state index contributed by atoms with van der Waals surface area (Å²) in [5.74, 6) is -1.93. The Morgan fingerprint density at radius 1 is 0.545 bits per heavy atom. The molecule has 180 valence electrons. The average Bonchev–Trinajstić information content (AvgIpc) is 2.82. The minimum absolute atomic E-state index is 0.137. The van der Waals surface area contributed by atoms with Gasteiger partial charge in [0.2, 0.25) is 0 Å². The highest BCUT2D eigenvalue weighted by molar-refractivity contribution is 5.81. The second-order valence-corrected chi connectivity index (χ2v) is 5.01. The molecule has 0 N–H and O–H groups in total. The number of hydrogen-bond acceptors (Lipinski definition) is 15. The van der Waals surface area contributed by atoms with Crippen LogP contribution in [-0.4, -0.2) is 72.5 Å². The highest BCUT2D eigenvalue weighted by Gasteiger charge is 2.13. The average molecular weight is 471 g/mol. The lowest BCUT2D eigenvalue weighted by Crippen LogP contribution is -2.14. The van der Waals surface area contributed by atoms with Crippen LogP contribution in [0, 0.1) is 0 Å². The van der Waals surface area contributed by atoms with Crippen molar-refractivity contribution < 1.29 is 57.9 Å². The Morgan fingerprint density at radius 2 is 0.818 bits per heavy atom. The van der Waals surface area contributed by atoms with Crippen molar-refractivity contribution in [2.75, 3.05) is 39.6 Å². The minimum Gasteiger partial charge on any atom is -0.460 e. The number of hydrogen-bond donors (Lipinski definition) is 0. The molecule has 1 aromatic heterocycles. The van der Waals surface area contributed by atoms with E-state index in [2.05, 4.69) is 34.7 Å². The first kappa shape index (κ1) is 27.0. The Bertz CT molecular complexity index is 700. The fraction of sp³-hybridized carbons (Fsp3) is 0.333. The van der Waals surface area contributed by atoms with Crippen molar-refractivity contribution in [3.8, 4) is 18.0 Å². The Balaban J connectivity index is 2.58. The van der Waals surface area contributed by atoms with Crippen LogP contribution in [0.5, 0.6) is 18.0 Å². The molecule has 0 aliphatic heterocycles. The first-order valence-electron chi connectivity index (χ1n) is 9.00. The van der Waals surface area contributed by atoms with E-state index in [9.17, 15) is 14.4 Å². The molecule has 0 fully saturated rings. The summed E-state index contributed by atoms with van der Waals surface area (Å²) >= 11 is 0. The van der Waals surface area contributed by atoms with Crippen LogP contribution in [0.3, 0.4) is 0 Å². The van der Waals surface area contributed by atoms with E-state index >= 15 is 0 Å². The molecule has 0 saturated carbocycles. The Labute approximate surface area is 187 Å². The number of ether oxygens (including phenoxy) is 3. The molecule has 0 bridgehead atoms. The van der Waals surface area contributed by atoms with E-state index in [1.54, 1.807) is 0 Å². The third-order valence-electron chi connectivity index (χ3n) is 2.71. The van der Waals surface area contributed by atoms with Crippen LogP contribution in [0.15, 0.2) is 38.0 Å². The maximum absolute atomic E-state index is 10.9. The van der Waals surface area contributed by atoms with Crippen molar-refractivity contribution >= 4 is 17.9 Å². The summed E-state index contributed by atoms with van der Waals surface area (Å²) < 4.78 is 14.1. The molecule has 0 atom stereocenters. The van der Waals surface area contributed by atoms with E-state index in [1.807, 2.05) is 0 Å². The van der Waals surface area contributed by atoms with Gasteiger partial charge in [-0.05, 0) is 0 Å². The van der Waals surface area contributed by atoms with E-state index in [0.717, 1.165) is 18.2 Å². The van der Waals surface area contributed by atoms with Crippen molar-refractivity contribution in [2.45, 2.75) is 0 Å². The summed E-state index contributed by atoms with van der Waals surface area (Å²) in [5.41, 5.74) is 0. The molecule has 0 amide bonds. The number of rotatable bonds is 18. The number of aromatic nitrogens is 3. The molecule has 0 aliphatic rings. The minimum atomic E-state index is -0.642. The van der Waals surface area contributed by atoms with Gasteiger partial charge in [-0.15, -0.1) is 15.0 Å². The van der Waals surface area contributed by atoms with Crippen LogP contribution in [0.25, 0.3) is 0 Å². The molecule has 0 saturated heterocycles. The Hall–Kier alpha value is -4.08. The second-order valence-electron chi connectivity index (χ2n) is 5.01. The zero-order chi connectivity index (χ0) is 24.3. The third-order valence-corrected chi connectivity index (χ3v) is 2.71. The van der Waals surface area contributed by atoms with Gasteiger partial charge in [-0.3, -0.25) is 14.7 Å². The van der Waals surface area contributed by atoms with Gasteiger partial charge >= 0.3 is 35.9 Å². The molecular weight excluding hydrogens is 450 g/mol. The molecule has 15 nitrogen and oxygen atoms in total. The third kappa shape index (κ3) is 13.0. The van der Waals surface area contributed by atoms with Gasteiger partial charge in [0.25, 0.3) is 0 Å². The van der Waals surface area contributed by atoms with Crippen LogP contribution in [-0.2, 0) is 43.3 Å². The highest BCUT2D eigenvalue weighted by Crippen LogP contribution is 2.15. The van der Waals surface area contributed by atoms with E-state index in [0.29, 0.717) is 0 Å². The normalized spacial score (nSPS) is 9.82. The maximum atomic E-state index is 10.9. The molecule has 0 spiro atoms. The second kappa shape index (κ2) is 16.6. The zero-order valence-electron chi connectivity index (χ0n) is 17.3. The maximum Gasteiger partial charge on any atom is 0.362 e. The summed E-state index contributed by atoms with van der Waals surface area (Å²) in [6.45, 7) is 8.80. The standard InChI is InChI=1S/C18H21N3O12/c1-4-13(22)25-7-10-28-31-16-19-17(32-29-11-8-26-14(23)5-2)21-18(20-16)33-30-12-9-27-15(24)6-3/h4-6H,1-3,7-12H2. The summed E-state index contributed by atoms with van der Waals surface area (Å²) in [6.07, 6.45) is 2.95. The van der Waals surface area contributed by atoms with Gasteiger partial charge in [0.1, 0.15) is 39.6 Å². The molecule has 0 aliphatic carbocycles. The molecule has 1 rings (SSSR count). The van der Waals surface area contributed by atoms with Crippen LogP contribution < -0.4 is 14.7 Å². The van der Waals surface area contributed by atoms with E-state index in [-0.39, 0.29) is 39.6 Å². The predicted octanol–water partition coefficient (Wildman–Crippen LogP) is -0.00960. The quantitative estimate of drug-likeness (QED) is 0.0698. The molecular formula is C18H21N3O12. The number of nitrogens with zero attached hydrogens (tertiary/aromatic N) is 3. The van der Waals surface area contributed by atoms with Crippen molar-refractivity contribution in [3.05, 3.63) is 38.0 Å². The van der Waals surface area contributed by atoms with Crippen molar-refractivity contribution in [1.82, 2.24) is 15.0 Å². The van der Waals surface area contributed by atoms with Crippen LogP contribution >= 0.6 is 0 Å². The SMILES string of the molecule is C=CC(=O)OCCOOc1nc(OOCCOC(=O)C=C)nc(OOCCOC(=O)C=C)n1. The van der Waals surface area contributed by atoms with E-state index < -0.39 is 35.9 Å². The van der Waals surface area contributed by atoms with E-state index in [4.69, 9.17) is 43.5 Å². The molecule has 33 heavy (non-hydrogen) atoms. The lowest BCUT2D eigenvalue weighted by molar-refractivity contribution is -0.237. The van der Waals surface area contributed by atoms with Gasteiger partial charge in [0.05, 0.1) is 0 Å². The molecule has 15 heteroatoms. The number of carbonyl (C=O) groups is 3. The first-order chi connectivity index (χ1) is 16.0. The first-order valence-corrected chi connectivity index (χ1v) is 9.00. The summed E-state index contributed by atoms with van der Waals surface area (Å²) in [6, 6.07) is -1.31. The van der Waals surface area contributed by atoms with Crippen LogP contribution in [0.2, 0.25) is 0 Å². The number of carbonyl (C=O) groups excluding carboxylic acids is 3. The fourth-order valence-electron chi connectivity index (χ4n) is 1.42. The Kier molecular flexibility index (Phi) is 13.6. The fourth-order valence-corrected chi connectivity index (χ4v) is 1.42. The largest absolute Gasteiger partial charge is 0.460 e. The van der Waals surface area contributed by atoms with Crippen LogP contribution in [0.1, 0.15) is 0 Å². The van der Waals surface area contributed by atoms with Gasteiger partial charge in [-0.2, -0.15) is 14.7 Å². The number of esters is 3. The molecule has 1 heterocycles. The van der Waals surface area contributed by atoms with E-state index in [1.165, 1.54) is 0 Å². The monoisotopic (exact) mass is 471 g/mol. The molecule has 1 aromatic rings. The molecule has 0 aromatic carbocycles. The van der Waals surface area contributed by atoms with Gasteiger partial charge in [-0.1, -0.05) is 19.7 Å². The summed E-state index contributed by atoms with van der Waals surface area (Å²) in [5, 5.41) is 0. The lowest BCUT2D eigenvalue weighted by atomic mass is 10.6. The Morgan fingerprint density at radius 3 is 1.06 bits per heavy atom. The lowest BCUT2D eigenvalue weighted by Gasteiger charge is -2.08. The smallest absolute Gasteiger partial charge is 0.362 e. The van der Waals surface area contributed by atoms with Gasteiger partial charge in [0, 0.05) is 18.2 Å². The zero-order valence-corrected chi connectivity index (χ0v) is 17.3. The van der Waals surface area contributed by atoms with Crippen molar-refractivity contribution in [2.24, 2.45) is 0 Å². The topological polar surface area (TPSA) is 173 Å². The molecule has 0 unspecified atom stereocenters. The van der Waals surface area contributed by atoms with Gasteiger partial charge in [-0.25, -0.2) is 14.4 Å². The van der Waals surface area contributed by atoms with Crippen LogP contribution in [0.4, 0.5) is 0 Å². The molecule has 0 radical (unpaired) electrons. The highest BCUT2D eigenvalue weighted by atomic mass is 17.2. The van der Waals surface area contributed by atoms with Crippen molar-refractivity contribution in [1.29, 1.82) is 0 Å². The van der Waals surface area contributed by atoms with Gasteiger partial charge in [0.15, 0.2) is 0 Å². The van der Waals surface area contributed by atoms with Gasteiger partial charge < -0.3 is 14.2 Å². The van der Waals surface area contributed by atoms with Crippen molar-refractivity contribution in [3.63, 3.8) is 0 Å². The predicted molar refractivity (Wildman–Crippen MR) is 103 cm³/mol. The summed E-state index contributed by atoms with van der Waals surface area (Å²) in [7, 11) is 0.